The van der Waals surface area contributed by atoms with Crippen molar-refractivity contribution in [2.45, 2.75) is 6.42 Å². The summed E-state index contributed by atoms with van der Waals surface area (Å²) in [5.74, 6) is 2.40. The van der Waals surface area contributed by atoms with Crippen LogP contribution in [0.1, 0.15) is 5.56 Å². The molecule has 0 spiro atoms. The van der Waals surface area contributed by atoms with E-state index < -0.39 is 0 Å². The second-order valence-corrected chi connectivity index (χ2v) is 5.13. The minimum atomic E-state index is 0.846. The summed E-state index contributed by atoms with van der Waals surface area (Å²) in [6.45, 7) is 1.16. The molecule has 0 aliphatic rings. The van der Waals surface area contributed by atoms with E-state index in [2.05, 4.69) is 31.1 Å². The number of aryl methyl sites for hydroxylation is 1. The summed E-state index contributed by atoms with van der Waals surface area (Å²) in [5, 5.41) is 0. The quantitative estimate of drug-likeness (QED) is 0.593. The van der Waals surface area contributed by atoms with Crippen LogP contribution in [-0.2, 0) is 6.42 Å². The lowest BCUT2D eigenvalue weighted by atomic mass is 10.2. The van der Waals surface area contributed by atoms with Crippen molar-refractivity contribution in [1.29, 1.82) is 0 Å². The standard InChI is InChI=1S/C12H20N2S/c1-14(2)8-10-15-9-7-11-3-5-12(13)6-4-11/h3-6H,7-10,13H2,1-2H3. The fraction of sp³-hybridized carbons (Fsp3) is 0.500. The highest BCUT2D eigenvalue weighted by atomic mass is 32.2. The number of hydrogen-bond acceptors (Lipinski definition) is 3. The highest BCUT2D eigenvalue weighted by Crippen LogP contribution is 2.09. The lowest BCUT2D eigenvalue weighted by molar-refractivity contribution is 0.437. The number of hydrogen-bond donors (Lipinski definition) is 1. The monoisotopic (exact) mass is 224 g/mol. The maximum Gasteiger partial charge on any atom is 0.0314 e. The number of thioether (sulfide) groups is 1. The highest BCUT2D eigenvalue weighted by molar-refractivity contribution is 7.99. The number of nitrogen functional groups attached to an aromatic ring is 1. The van der Waals surface area contributed by atoms with Gasteiger partial charge in [-0.05, 0) is 44.0 Å². The van der Waals surface area contributed by atoms with Crippen molar-refractivity contribution in [1.82, 2.24) is 4.90 Å². The van der Waals surface area contributed by atoms with Crippen molar-refractivity contribution in [2.24, 2.45) is 0 Å². The Labute approximate surface area is 96.8 Å². The van der Waals surface area contributed by atoms with Gasteiger partial charge < -0.3 is 10.6 Å². The fourth-order valence-electron chi connectivity index (χ4n) is 1.22. The summed E-state index contributed by atoms with van der Waals surface area (Å²) in [7, 11) is 4.22. The number of nitrogens with zero attached hydrogens (tertiary/aromatic N) is 1. The van der Waals surface area contributed by atoms with Gasteiger partial charge in [-0.15, -0.1) is 0 Å². The largest absolute Gasteiger partial charge is 0.399 e. The average molecular weight is 224 g/mol. The van der Waals surface area contributed by atoms with Crippen LogP contribution in [0.4, 0.5) is 5.69 Å². The summed E-state index contributed by atoms with van der Waals surface area (Å²) in [6.07, 6.45) is 1.14. The van der Waals surface area contributed by atoms with Gasteiger partial charge in [0, 0.05) is 18.0 Å². The van der Waals surface area contributed by atoms with Crippen molar-refractivity contribution in [3.05, 3.63) is 29.8 Å². The van der Waals surface area contributed by atoms with Crippen LogP contribution in [0.25, 0.3) is 0 Å². The molecule has 0 saturated heterocycles. The second kappa shape index (κ2) is 6.75. The summed E-state index contributed by atoms with van der Waals surface area (Å²) in [5.41, 5.74) is 7.85. The summed E-state index contributed by atoms with van der Waals surface area (Å²) in [4.78, 5) is 2.22. The van der Waals surface area contributed by atoms with Crippen LogP contribution in [0.15, 0.2) is 24.3 Å². The zero-order chi connectivity index (χ0) is 11.1. The first-order valence-corrected chi connectivity index (χ1v) is 6.41. The lowest BCUT2D eigenvalue weighted by Gasteiger charge is -2.08. The Morgan fingerprint density at radius 1 is 1.13 bits per heavy atom. The van der Waals surface area contributed by atoms with Crippen LogP contribution < -0.4 is 5.73 Å². The van der Waals surface area contributed by atoms with Crippen molar-refractivity contribution >= 4 is 17.4 Å². The number of rotatable bonds is 6. The first-order chi connectivity index (χ1) is 7.18. The Morgan fingerprint density at radius 3 is 2.40 bits per heavy atom. The lowest BCUT2D eigenvalue weighted by Crippen LogP contribution is -2.15. The molecule has 0 amide bonds. The van der Waals surface area contributed by atoms with Crippen molar-refractivity contribution in [3.8, 4) is 0 Å². The molecule has 0 aliphatic carbocycles. The summed E-state index contributed by atoms with van der Waals surface area (Å²) < 4.78 is 0. The third kappa shape index (κ3) is 5.70. The molecule has 2 N–H and O–H groups in total. The van der Waals surface area contributed by atoms with E-state index in [9.17, 15) is 0 Å². The van der Waals surface area contributed by atoms with Crippen LogP contribution in [0.2, 0.25) is 0 Å². The third-order valence-electron chi connectivity index (χ3n) is 2.20. The molecule has 15 heavy (non-hydrogen) atoms. The minimum absolute atomic E-state index is 0.846. The van der Waals surface area contributed by atoms with Gasteiger partial charge in [0.05, 0.1) is 0 Å². The van der Waals surface area contributed by atoms with Gasteiger partial charge in [-0.2, -0.15) is 11.8 Å². The van der Waals surface area contributed by atoms with Crippen molar-refractivity contribution in [2.75, 3.05) is 37.9 Å². The topological polar surface area (TPSA) is 29.3 Å². The number of nitrogens with two attached hydrogens (primary N) is 1. The molecule has 0 aromatic heterocycles. The first kappa shape index (κ1) is 12.4. The van der Waals surface area contributed by atoms with Crippen LogP contribution in [-0.4, -0.2) is 37.0 Å². The van der Waals surface area contributed by atoms with E-state index in [4.69, 9.17) is 5.73 Å². The first-order valence-electron chi connectivity index (χ1n) is 5.25. The predicted molar refractivity (Wildman–Crippen MR) is 70.4 cm³/mol. The molecule has 0 saturated carbocycles. The van der Waals surface area contributed by atoms with Crippen LogP contribution in [0, 0.1) is 0 Å². The van der Waals surface area contributed by atoms with Gasteiger partial charge >= 0.3 is 0 Å². The predicted octanol–water partition coefficient (Wildman–Crippen LogP) is 2.11. The molecular formula is C12H20N2S. The average Bonchev–Trinajstić information content (AvgIpc) is 2.20. The number of benzene rings is 1. The Hall–Kier alpha value is -0.670. The van der Waals surface area contributed by atoms with Gasteiger partial charge in [-0.25, -0.2) is 0 Å². The van der Waals surface area contributed by atoms with Gasteiger partial charge in [0.15, 0.2) is 0 Å². The van der Waals surface area contributed by atoms with Gasteiger partial charge in [-0.3, -0.25) is 0 Å². The Morgan fingerprint density at radius 2 is 1.80 bits per heavy atom. The number of anilines is 1. The Balaban J connectivity index is 2.12. The Kier molecular flexibility index (Phi) is 5.58. The zero-order valence-corrected chi connectivity index (χ0v) is 10.4. The molecule has 0 unspecified atom stereocenters. The van der Waals surface area contributed by atoms with Crippen molar-refractivity contribution in [3.63, 3.8) is 0 Å². The highest BCUT2D eigenvalue weighted by Gasteiger charge is 1.94. The molecular weight excluding hydrogens is 204 g/mol. The second-order valence-electron chi connectivity index (χ2n) is 3.91. The van der Waals surface area contributed by atoms with Gasteiger partial charge in [0.25, 0.3) is 0 Å². The molecule has 84 valence electrons. The molecule has 0 radical (unpaired) electrons. The molecule has 1 aromatic carbocycles. The van der Waals surface area contributed by atoms with Crippen LogP contribution in [0.3, 0.4) is 0 Å². The van der Waals surface area contributed by atoms with Gasteiger partial charge in [0.2, 0.25) is 0 Å². The molecule has 0 aliphatic heterocycles. The maximum absolute atomic E-state index is 5.63. The molecule has 0 heterocycles. The van der Waals surface area contributed by atoms with Crippen LogP contribution >= 0.6 is 11.8 Å². The van der Waals surface area contributed by atoms with E-state index in [0.29, 0.717) is 0 Å². The van der Waals surface area contributed by atoms with E-state index in [1.807, 2.05) is 23.9 Å². The molecule has 2 nitrogen and oxygen atoms in total. The molecule has 3 heteroatoms. The molecule has 0 atom stereocenters. The molecule has 0 fully saturated rings. The van der Waals surface area contributed by atoms with E-state index in [1.54, 1.807) is 0 Å². The van der Waals surface area contributed by atoms with E-state index in [0.717, 1.165) is 18.7 Å². The molecule has 1 rings (SSSR count). The van der Waals surface area contributed by atoms with Crippen LogP contribution in [0.5, 0.6) is 0 Å². The molecule has 1 aromatic rings. The zero-order valence-electron chi connectivity index (χ0n) is 9.57. The summed E-state index contributed by atoms with van der Waals surface area (Å²) in [6, 6.07) is 8.17. The minimum Gasteiger partial charge on any atom is -0.399 e. The van der Waals surface area contributed by atoms with E-state index in [1.165, 1.54) is 17.1 Å². The van der Waals surface area contributed by atoms with E-state index >= 15 is 0 Å². The third-order valence-corrected chi connectivity index (χ3v) is 3.16. The SMILES string of the molecule is CN(C)CCSCCc1ccc(N)cc1. The fourth-order valence-corrected chi connectivity index (χ4v) is 2.30. The van der Waals surface area contributed by atoms with Gasteiger partial charge in [-0.1, -0.05) is 12.1 Å². The Bertz CT molecular complexity index is 269. The maximum atomic E-state index is 5.63. The smallest absolute Gasteiger partial charge is 0.0314 e. The normalized spacial score (nSPS) is 10.9. The van der Waals surface area contributed by atoms with Crippen molar-refractivity contribution < 1.29 is 0 Å². The van der Waals surface area contributed by atoms with Gasteiger partial charge in [0.1, 0.15) is 0 Å². The van der Waals surface area contributed by atoms with E-state index in [-0.39, 0.29) is 0 Å². The summed E-state index contributed by atoms with van der Waals surface area (Å²) >= 11 is 2.01. The molecule has 0 bridgehead atoms.